The summed E-state index contributed by atoms with van der Waals surface area (Å²) in [6.07, 6.45) is 1.23. The van der Waals surface area contributed by atoms with Gasteiger partial charge in [0.15, 0.2) is 0 Å². The van der Waals surface area contributed by atoms with Crippen LogP contribution in [-0.2, 0) is 11.3 Å². The monoisotopic (exact) mass is 265 g/mol. The summed E-state index contributed by atoms with van der Waals surface area (Å²) >= 11 is 5.93. The molecule has 0 bridgehead atoms. The van der Waals surface area contributed by atoms with Crippen LogP contribution in [0.2, 0.25) is 5.02 Å². The average molecular weight is 266 g/mol. The summed E-state index contributed by atoms with van der Waals surface area (Å²) in [6, 6.07) is 7.61. The molecule has 1 aliphatic heterocycles. The van der Waals surface area contributed by atoms with Crippen LogP contribution in [0.4, 0.5) is 0 Å². The maximum Gasteiger partial charge on any atom is 0.228 e. The summed E-state index contributed by atoms with van der Waals surface area (Å²) in [5, 5.41) is 4.79. The Morgan fingerprint density at radius 3 is 3.00 bits per heavy atom. The third-order valence-electron chi connectivity index (χ3n) is 2.91. The van der Waals surface area contributed by atoms with E-state index in [0.29, 0.717) is 24.5 Å². The zero-order chi connectivity index (χ0) is 13.0. The van der Waals surface area contributed by atoms with Crippen molar-refractivity contribution in [2.75, 3.05) is 13.6 Å². The van der Waals surface area contributed by atoms with Gasteiger partial charge in [-0.1, -0.05) is 23.7 Å². The molecule has 1 aromatic carbocycles. The number of piperidine rings is 1. The van der Waals surface area contributed by atoms with Gasteiger partial charge in [0.2, 0.25) is 5.91 Å². The van der Waals surface area contributed by atoms with Crippen molar-refractivity contribution in [2.24, 2.45) is 5.10 Å². The first-order chi connectivity index (χ1) is 8.69. The van der Waals surface area contributed by atoms with Crippen LogP contribution in [0.15, 0.2) is 29.4 Å². The molecule has 0 radical (unpaired) electrons. The van der Waals surface area contributed by atoms with Gasteiger partial charge < -0.3 is 10.3 Å². The summed E-state index contributed by atoms with van der Waals surface area (Å²) in [7, 11) is 1.75. The van der Waals surface area contributed by atoms with Gasteiger partial charge in [0, 0.05) is 37.3 Å². The molecule has 1 saturated heterocycles. The van der Waals surface area contributed by atoms with E-state index in [1.165, 1.54) is 0 Å². The van der Waals surface area contributed by atoms with E-state index in [-0.39, 0.29) is 5.91 Å². The number of hydrogen-bond acceptors (Lipinski definition) is 3. The molecule has 1 fully saturated rings. The number of carbonyl (C=O) groups is 1. The van der Waals surface area contributed by atoms with Crippen molar-refractivity contribution >= 4 is 23.2 Å². The summed E-state index contributed by atoms with van der Waals surface area (Å²) in [5.74, 6) is 0.121. The van der Waals surface area contributed by atoms with E-state index in [4.69, 9.17) is 11.6 Å². The molecule has 0 unspecified atom stereocenters. The lowest BCUT2D eigenvalue weighted by molar-refractivity contribution is -0.131. The highest BCUT2D eigenvalue weighted by Crippen LogP contribution is 2.16. The SMILES string of the molecule is CN/N=C1/CCN(Cc2cccc(Cl)c2)C(=O)C1. The fourth-order valence-corrected chi connectivity index (χ4v) is 2.25. The van der Waals surface area contributed by atoms with Crippen molar-refractivity contribution in [3.05, 3.63) is 34.9 Å². The molecule has 4 nitrogen and oxygen atoms in total. The summed E-state index contributed by atoms with van der Waals surface area (Å²) in [6.45, 7) is 1.33. The van der Waals surface area contributed by atoms with Crippen molar-refractivity contribution in [1.29, 1.82) is 0 Å². The normalized spacial score (nSPS) is 18.2. The van der Waals surface area contributed by atoms with E-state index in [9.17, 15) is 4.79 Å². The number of halogens is 1. The molecular weight excluding hydrogens is 250 g/mol. The van der Waals surface area contributed by atoms with Crippen LogP contribution in [0.5, 0.6) is 0 Å². The molecule has 0 spiro atoms. The Kier molecular flexibility index (Phi) is 4.20. The Bertz CT molecular complexity index is 473. The van der Waals surface area contributed by atoms with Crippen molar-refractivity contribution in [2.45, 2.75) is 19.4 Å². The van der Waals surface area contributed by atoms with Crippen LogP contribution in [0.3, 0.4) is 0 Å². The van der Waals surface area contributed by atoms with E-state index in [2.05, 4.69) is 10.5 Å². The molecule has 1 heterocycles. The summed E-state index contributed by atoms with van der Waals surface area (Å²) in [5.41, 5.74) is 4.71. The third-order valence-corrected chi connectivity index (χ3v) is 3.15. The minimum Gasteiger partial charge on any atom is -0.338 e. The number of likely N-dealkylation sites (tertiary alicyclic amines) is 1. The lowest BCUT2D eigenvalue weighted by Gasteiger charge is -2.27. The number of rotatable bonds is 3. The van der Waals surface area contributed by atoms with Gasteiger partial charge in [-0.15, -0.1) is 0 Å². The summed E-state index contributed by atoms with van der Waals surface area (Å²) < 4.78 is 0. The molecule has 0 aromatic heterocycles. The summed E-state index contributed by atoms with van der Waals surface area (Å²) in [4.78, 5) is 13.8. The number of nitrogens with one attached hydrogen (secondary N) is 1. The number of carbonyl (C=O) groups excluding carboxylic acids is 1. The number of nitrogens with zero attached hydrogens (tertiary/aromatic N) is 2. The zero-order valence-electron chi connectivity index (χ0n) is 10.3. The van der Waals surface area contributed by atoms with Crippen LogP contribution in [0, 0.1) is 0 Å². The van der Waals surface area contributed by atoms with Gasteiger partial charge in [0.1, 0.15) is 0 Å². The Labute approximate surface area is 112 Å². The van der Waals surface area contributed by atoms with Crippen LogP contribution in [-0.4, -0.2) is 30.1 Å². The molecule has 1 aromatic rings. The topological polar surface area (TPSA) is 44.7 Å². The second-order valence-electron chi connectivity index (χ2n) is 4.27. The van der Waals surface area contributed by atoms with Crippen LogP contribution < -0.4 is 5.43 Å². The number of benzene rings is 1. The van der Waals surface area contributed by atoms with Gasteiger partial charge in [-0.05, 0) is 17.7 Å². The van der Waals surface area contributed by atoms with Crippen LogP contribution in [0.1, 0.15) is 18.4 Å². The first kappa shape index (κ1) is 12.9. The predicted octanol–water partition coefficient (Wildman–Crippen LogP) is 2.04. The Morgan fingerprint density at radius 1 is 1.50 bits per heavy atom. The molecule has 18 heavy (non-hydrogen) atoms. The zero-order valence-corrected chi connectivity index (χ0v) is 11.1. The molecule has 2 rings (SSSR count). The highest BCUT2D eigenvalue weighted by molar-refractivity contribution is 6.30. The minimum absolute atomic E-state index is 0.121. The van der Waals surface area contributed by atoms with E-state index in [1.54, 1.807) is 7.05 Å². The highest BCUT2D eigenvalue weighted by Gasteiger charge is 2.22. The van der Waals surface area contributed by atoms with Gasteiger partial charge in [-0.25, -0.2) is 0 Å². The molecule has 5 heteroatoms. The fraction of sp³-hybridized carbons (Fsp3) is 0.385. The quantitative estimate of drug-likeness (QED) is 0.850. The average Bonchev–Trinajstić information content (AvgIpc) is 2.33. The molecule has 1 N–H and O–H groups in total. The number of hydrazone groups is 1. The second-order valence-corrected chi connectivity index (χ2v) is 4.71. The standard InChI is InChI=1S/C13H16ClN3O/c1-15-16-12-5-6-17(13(18)8-12)9-10-3-2-4-11(14)7-10/h2-4,7,15H,5-6,8-9H2,1H3/b16-12-. The van der Waals surface area contributed by atoms with E-state index in [1.807, 2.05) is 29.2 Å². The lowest BCUT2D eigenvalue weighted by atomic mass is 10.1. The van der Waals surface area contributed by atoms with Gasteiger partial charge in [-0.2, -0.15) is 5.10 Å². The van der Waals surface area contributed by atoms with Crippen LogP contribution >= 0.6 is 11.6 Å². The predicted molar refractivity (Wildman–Crippen MR) is 72.6 cm³/mol. The fourth-order valence-electron chi connectivity index (χ4n) is 2.04. The van der Waals surface area contributed by atoms with Gasteiger partial charge in [0.05, 0.1) is 6.42 Å². The number of amides is 1. The van der Waals surface area contributed by atoms with Crippen molar-refractivity contribution < 1.29 is 4.79 Å². The highest BCUT2D eigenvalue weighted by atomic mass is 35.5. The first-order valence-electron chi connectivity index (χ1n) is 5.93. The largest absolute Gasteiger partial charge is 0.338 e. The molecule has 0 atom stereocenters. The first-order valence-corrected chi connectivity index (χ1v) is 6.31. The number of hydrogen-bond donors (Lipinski definition) is 1. The van der Waals surface area contributed by atoms with Gasteiger partial charge in [-0.3, -0.25) is 4.79 Å². The molecule has 1 aliphatic rings. The van der Waals surface area contributed by atoms with Crippen LogP contribution in [0.25, 0.3) is 0 Å². The van der Waals surface area contributed by atoms with Gasteiger partial charge in [0.25, 0.3) is 0 Å². The Balaban J connectivity index is 1.99. The third kappa shape index (κ3) is 3.23. The smallest absolute Gasteiger partial charge is 0.228 e. The maximum atomic E-state index is 12.0. The molecule has 0 saturated carbocycles. The molecule has 96 valence electrons. The van der Waals surface area contributed by atoms with Gasteiger partial charge >= 0.3 is 0 Å². The van der Waals surface area contributed by atoms with Crippen molar-refractivity contribution in [1.82, 2.24) is 10.3 Å². The van der Waals surface area contributed by atoms with E-state index in [0.717, 1.165) is 17.7 Å². The van der Waals surface area contributed by atoms with E-state index < -0.39 is 0 Å². The lowest BCUT2D eigenvalue weighted by Crippen LogP contribution is -2.38. The molecule has 0 aliphatic carbocycles. The van der Waals surface area contributed by atoms with E-state index >= 15 is 0 Å². The van der Waals surface area contributed by atoms with Crippen molar-refractivity contribution in [3.8, 4) is 0 Å². The second kappa shape index (κ2) is 5.87. The molecule has 1 amide bonds. The maximum absolute atomic E-state index is 12.0. The molecular formula is C13H16ClN3O. The minimum atomic E-state index is 0.121. The Hall–Kier alpha value is -1.55. The Morgan fingerprint density at radius 2 is 2.33 bits per heavy atom. The van der Waals surface area contributed by atoms with Crippen molar-refractivity contribution in [3.63, 3.8) is 0 Å².